The molecule has 1 saturated heterocycles. The molecule has 0 radical (unpaired) electrons. The van der Waals surface area contributed by atoms with Gasteiger partial charge >= 0.3 is 6.18 Å². The fraction of sp³-hybridized carbons (Fsp3) is 0.333. The van der Waals surface area contributed by atoms with Crippen LogP contribution < -0.4 is 5.32 Å². The molecule has 0 spiro atoms. The van der Waals surface area contributed by atoms with Gasteiger partial charge in [0.15, 0.2) is 0 Å². The monoisotopic (exact) mass is 438 g/mol. The van der Waals surface area contributed by atoms with Crippen LogP contribution in [0.2, 0.25) is 0 Å². The van der Waals surface area contributed by atoms with Gasteiger partial charge in [0.05, 0.1) is 30.2 Å². The number of morpholine rings is 1. The zero-order valence-electron chi connectivity index (χ0n) is 16.3. The van der Waals surface area contributed by atoms with E-state index in [1.165, 1.54) is 0 Å². The maximum atomic E-state index is 13.7. The Morgan fingerprint density at radius 2 is 1.77 bits per heavy atom. The van der Waals surface area contributed by atoms with Gasteiger partial charge in [0.1, 0.15) is 22.3 Å². The van der Waals surface area contributed by atoms with Crippen LogP contribution >= 0.6 is 0 Å². The summed E-state index contributed by atoms with van der Waals surface area (Å²) in [7, 11) is 0.377. The van der Waals surface area contributed by atoms with E-state index in [9.17, 15) is 17.4 Å². The molecule has 1 aliphatic rings. The number of hydrogen-bond acceptors (Lipinski definition) is 4. The van der Waals surface area contributed by atoms with Gasteiger partial charge in [0, 0.05) is 18.5 Å². The maximum absolute atomic E-state index is 13.7. The van der Waals surface area contributed by atoms with E-state index < -0.39 is 22.7 Å². The highest BCUT2D eigenvalue weighted by Gasteiger charge is 2.35. The molecule has 0 saturated carbocycles. The Morgan fingerprint density at radius 1 is 1.07 bits per heavy atom. The molecule has 30 heavy (non-hydrogen) atoms. The number of furan rings is 1. The Kier molecular flexibility index (Phi) is 5.97. The predicted molar refractivity (Wildman–Crippen MR) is 108 cm³/mol. The van der Waals surface area contributed by atoms with Gasteiger partial charge in [-0.3, -0.25) is 0 Å². The molecule has 1 unspecified atom stereocenters. The van der Waals surface area contributed by atoms with Crippen molar-refractivity contribution in [3.8, 4) is 11.1 Å². The van der Waals surface area contributed by atoms with E-state index in [4.69, 9.17) is 9.15 Å². The van der Waals surface area contributed by atoms with Crippen molar-refractivity contribution >= 4 is 22.0 Å². The van der Waals surface area contributed by atoms with Gasteiger partial charge in [-0.2, -0.15) is 13.2 Å². The van der Waals surface area contributed by atoms with E-state index >= 15 is 0 Å². The lowest BCUT2D eigenvalue weighted by molar-refractivity contribution is -0.136. The molecule has 0 bridgehead atoms. The Bertz CT molecular complexity index is 1060. The number of hydrogen-bond donors (Lipinski definition) is 1. The molecule has 160 valence electrons. The molecule has 3 aromatic rings. The minimum absolute atomic E-state index is 0.165. The second-order valence-corrected chi connectivity index (χ2v) is 8.48. The molecule has 1 fully saturated rings. The lowest BCUT2D eigenvalue weighted by atomic mass is 10.0. The van der Waals surface area contributed by atoms with Gasteiger partial charge in [-0.1, -0.05) is 12.1 Å². The Balaban J connectivity index is 1.69. The van der Waals surface area contributed by atoms with Crippen LogP contribution in [0.25, 0.3) is 22.1 Å². The molecular formula is C21H21F3N2O3S. The fourth-order valence-electron chi connectivity index (χ4n) is 3.47. The fourth-order valence-corrected chi connectivity index (χ4v) is 4.62. The summed E-state index contributed by atoms with van der Waals surface area (Å²) < 4.78 is 66.2. The standard InChI is InChI=1S/C21H21F3N2O3S/c1-25-13-17-11-16-10-15(12-19(20(16)29-17)21(22,23)24)14-2-4-18(5-3-14)30(27)26-6-8-28-9-7-26/h2-5,10-12,25H,6-9,13H2,1H3. The summed E-state index contributed by atoms with van der Waals surface area (Å²) >= 11 is 0. The minimum Gasteiger partial charge on any atom is -0.459 e. The first kappa shape index (κ1) is 21.0. The van der Waals surface area contributed by atoms with Crippen LogP contribution in [0.5, 0.6) is 0 Å². The topological polar surface area (TPSA) is 54.7 Å². The van der Waals surface area contributed by atoms with Crippen molar-refractivity contribution in [2.75, 3.05) is 33.4 Å². The highest BCUT2D eigenvalue weighted by molar-refractivity contribution is 7.82. The van der Waals surface area contributed by atoms with Crippen LogP contribution in [0.3, 0.4) is 0 Å². The van der Waals surface area contributed by atoms with Crippen molar-refractivity contribution < 1.29 is 26.5 Å². The van der Waals surface area contributed by atoms with Crippen molar-refractivity contribution in [1.82, 2.24) is 9.62 Å². The van der Waals surface area contributed by atoms with Crippen molar-refractivity contribution in [1.29, 1.82) is 0 Å². The lowest BCUT2D eigenvalue weighted by Crippen LogP contribution is -2.37. The molecule has 0 amide bonds. The van der Waals surface area contributed by atoms with E-state index in [-0.39, 0.29) is 5.58 Å². The number of alkyl halides is 3. The molecule has 1 aromatic heterocycles. The Morgan fingerprint density at radius 3 is 2.40 bits per heavy atom. The summed E-state index contributed by atoms with van der Waals surface area (Å²) in [6.45, 7) is 2.56. The summed E-state index contributed by atoms with van der Waals surface area (Å²) in [5.74, 6) is 0.436. The van der Waals surface area contributed by atoms with Gasteiger partial charge in [-0.05, 0) is 48.5 Å². The largest absolute Gasteiger partial charge is 0.459 e. The van der Waals surface area contributed by atoms with E-state index in [0.717, 1.165) is 6.07 Å². The van der Waals surface area contributed by atoms with Crippen LogP contribution in [0.4, 0.5) is 13.2 Å². The first-order chi connectivity index (χ1) is 14.4. The predicted octanol–water partition coefficient (Wildman–Crippen LogP) is 4.19. The molecule has 4 rings (SSSR count). The van der Waals surface area contributed by atoms with Gasteiger partial charge in [-0.15, -0.1) is 0 Å². The number of ether oxygens (including phenoxy) is 1. The third-order valence-electron chi connectivity index (χ3n) is 4.92. The van der Waals surface area contributed by atoms with Crippen molar-refractivity contribution in [2.24, 2.45) is 0 Å². The molecule has 5 nitrogen and oxygen atoms in total. The van der Waals surface area contributed by atoms with Crippen LogP contribution in [-0.2, 0) is 28.4 Å². The summed E-state index contributed by atoms with van der Waals surface area (Å²) in [6, 6.07) is 11.2. The van der Waals surface area contributed by atoms with E-state index in [1.54, 1.807) is 43.4 Å². The maximum Gasteiger partial charge on any atom is 0.420 e. The highest BCUT2D eigenvalue weighted by atomic mass is 32.2. The first-order valence-corrected chi connectivity index (χ1v) is 10.6. The zero-order chi connectivity index (χ0) is 21.3. The van der Waals surface area contributed by atoms with E-state index in [2.05, 4.69) is 5.32 Å². The van der Waals surface area contributed by atoms with Crippen LogP contribution in [0.1, 0.15) is 11.3 Å². The Hall–Kier alpha value is -2.20. The number of benzene rings is 2. The molecule has 0 aliphatic carbocycles. The second-order valence-electron chi connectivity index (χ2n) is 7.00. The average molecular weight is 438 g/mol. The van der Waals surface area contributed by atoms with Crippen molar-refractivity contribution in [3.63, 3.8) is 0 Å². The summed E-state index contributed by atoms with van der Waals surface area (Å²) in [5.41, 5.74) is 0.0664. The second kappa shape index (κ2) is 8.50. The van der Waals surface area contributed by atoms with Crippen LogP contribution in [0, 0.1) is 0 Å². The Labute approximate surface area is 174 Å². The van der Waals surface area contributed by atoms with Crippen molar-refractivity contribution in [3.05, 3.63) is 53.8 Å². The van der Waals surface area contributed by atoms with E-state index in [1.807, 2.05) is 4.31 Å². The molecule has 1 atom stereocenters. The van der Waals surface area contributed by atoms with Gasteiger partial charge in [0.25, 0.3) is 0 Å². The SMILES string of the molecule is CNCc1cc2cc(-c3ccc(S(=O)N4CCOCC4)cc3)cc(C(F)(F)F)c2o1. The molecule has 1 aliphatic heterocycles. The number of nitrogens with one attached hydrogen (secondary N) is 1. The first-order valence-electron chi connectivity index (χ1n) is 9.50. The number of rotatable bonds is 5. The third kappa shape index (κ3) is 4.29. The molecule has 2 aromatic carbocycles. The lowest BCUT2D eigenvalue weighted by Gasteiger charge is -2.25. The summed E-state index contributed by atoms with van der Waals surface area (Å²) in [4.78, 5) is 0.609. The number of halogens is 3. The molecular weight excluding hydrogens is 417 g/mol. The minimum atomic E-state index is -4.54. The third-order valence-corrected chi connectivity index (χ3v) is 6.43. The number of nitrogens with zero attached hydrogens (tertiary/aromatic N) is 1. The highest BCUT2D eigenvalue weighted by Crippen LogP contribution is 2.39. The number of fused-ring (bicyclic) bond motifs is 1. The van der Waals surface area contributed by atoms with Crippen LogP contribution in [-0.4, -0.2) is 41.9 Å². The van der Waals surface area contributed by atoms with Crippen molar-refractivity contribution in [2.45, 2.75) is 17.6 Å². The average Bonchev–Trinajstić information content (AvgIpc) is 3.15. The molecule has 2 heterocycles. The summed E-state index contributed by atoms with van der Waals surface area (Å²) in [5, 5.41) is 3.27. The molecule has 9 heteroatoms. The zero-order valence-corrected chi connectivity index (χ0v) is 17.1. The summed E-state index contributed by atoms with van der Waals surface area (Å²) in [6.07, 6.45) is -4.54. The van der Waals surface area contributed by atoms with Crippen LogP contribution in [0.15, 0.2) is 51.8 Å². The van der Waals surface area contributed by atoms with Gasteiger partial charge in [0.2, 0.25) is 0 Å². The van der Waals surface area contributed by atoms with Gasteiger partial charge in [-0.25, -0.2) is 8.51 Å². The van der Waals surface area contributed by atoms with E-state index in [0.29, 0.717) is 60.0 Å². The molecule has 1 N–H and O–H groups in total. The quantitative estimate of drug-likeness (QED) is 0.649. The van der Waals surface area contributed by atoms with Gasteiger partial charge < -0.3 is 14.5 Å². The normalized spacial score (nSPS) is 16.8. The smallest absolute Gasteiger partial charge is 0.420 e.